The van der Waals surface area contributed by atoms with Gasteiger partial charge in [-0.1, -0.05) is 55.1 Å². The standard InChI is InChI=1S/C24H20F2O3/c1-15(2)24(27)29-19-10-8-18(9-11-19)21-13-12-20(22(25)23(21)26)17-6-4-16(5-7-17)14-28-3/h4-13H,1,14H2,2-3H3. The number of carbonyl (C=O) groups is 1. The van der Waals surface area contributed by atoms with E-state index in [1.807, 2.05) is 12.1 Å². The van der Waals surface area contributed by atoms with E-state index in [0.29, 0.717) is 23.5 Å². The predicted octanol–water partition coefficient (Wildman–Crippen LogP) is 5.93. The first-order chi connectivity index (χ1) is 13.9. The summed E-state index contributed by atoms with van der Waals surface area (Å²) in [6.45, 7) is 5.51. The second-order valence-corrected chi connectivity index (χ2v) is 6.61. The van der Waals surface area contributed by atoms with Crippen molar-refractivity contribution in [1.82, 2.24) is 0 Å². The Morgan fingerprint density at radius 1 is 0.862 bits per heavy atom. The summed E-state index contributed by atoms with van der Waals surface area (Å²) in [6.07, 6.45) is 0. The van der Waals surface area contributed by atoms with Crippen LogP contribution < -0.4 is 4.74 Å². The minimum Gasteiger partial charge on any atom is -0.423 e. The molecule has 3 nitrogen and oxygen atoms in total. The van der Waals surface area contributed by atoms with E-state index in [1.165, 1.54) is 18.2 Å². The third-order valence-electron chi connectivity index (χ3n) is 4.38. The van der Waals surface area contributed by atoms with E-state index < -0.39 is 17.6 Å². The summed E-state index contributed by atoms with van der Waals surface area (Å²) in [5, 5.41) is 0. The first kappa shape index (κ1) is 20.4. The lowest BCUT2D eigenvalue weighted by Gasteiger charge is -2.10. The molecule has 3 rings (SSSR count). The first-order valence-corrected chi connectivity index (χ1v) is 8.95. The number of hydrogen-bond acceptors (Lipinski definition) is 3. The van der Waals surface area contributed by atoms with Crippen molar-refractivity contribution in [1.29, 1.82) is 0 Å². The number of rotatable bonds is 6. The van der Waals surface area contributed by atoms with Crippen molar-refractivity contribution in [2.75, 3.05) is 7.11 Å². The van der Waals surface area contributed by atoms with Gasteiger partial charge in [0.15, 0.2) is 11.6 Å². The summed E-state index contributed by atoms with van der Waals surface area (Å²) >= 11 is 0. The highest BCUT2D eigenvalue weighted by Crippen LogP contribution is 2.32. The quantitative estimate of drug-likeness (QED) is 0.295. The van der Waals surface area contributed by atoms with Crippen LogP contribution in [0.15, 0.2) is 72.8 Å². The van der Waals surface area contributed by atoms with E-state index in [2.05, 4.69) is 6.58 Å². The molecule has 3 aromatic carbocycles. The third-order valence-corrected chi connectivity index (χ3v) is 4.38. The predicted molar refractivity (Wildman–Crippen MR) is 108 cm³/mol. The topological polar surface area (TPSA) is 35.5 Å². The lowest BCUT2D eigenvalue weighted by molar-refractivity contribution is -0.130. The van der Waals surface area contributed by atoms with Gasteiger partial charge in [0.1, 0.15) is 5.75 Å². The molecule has 0 fully saturated rings. The zero-order valence-corrected chi connectivity index (χ0v) is 16.2. The Morgan fingerprint density at radius 3 is 1.79 bits per heavy atom. The summed E-state index contributed by atoms with van der Waals surface area (Å²) in [6, 6.07) is 16.4. The fourth-order valence-corrected chi connectivity index (χ4v) is 2.84. The van der Waals surface area contributed by atoms with Gasteiger partial charge in [0, 0.05) is 23.8 Å². The molecule has 0 radical (unpaired) electrons. The van der Waals surface area contributed by atoms with Crippen LogP contribution in [0.4, 0.5) is 8.78 Å². The van der Waals surface area contributed by atoms with E-state index >= 15 is 0 Å². The van der Waals surface area contributed by atoms with Crippen LogP contribution in [0.3, 0.4) is 0 Å². The molecule has 0 aliphatic carbocycles. The Bertz CT molecular complexity index is 1040. The first-order valence-electron chi connectivity index (χ1n) is 8.95. The summed E-state index contributed by atoms with van der Waals surface area (Å²) in [5.74, 6) is -2.10. The zero-order chi connectivity index (χ0) is 21.0. The van der Waals surface area contributed by atoms with Gasteiger partial charge in [-0.05, 0) is 35.7 Å². The van der Waals surface area contributed by atoms with Crippen molar-refractivity contribution >= 4 is 5.97 Å². The van der Waals surface area contributed by atoms with Crippen molar-refractivity contribution < 1.29 is 23.0 Å². The van der Waals surface area contributed by atoms with Crippen LogP contribution in [0.25, 0.3) is 22.3 Å². The number of carbonyl (C=O) groups excluding carboxylic acids is 1. The number of halogens is 2. The fourth-order valence-electron chi connectivity index (χ4n) is 2.84. The average Bonchev–Trinajstić information content (AvgIpc) is 2.72. The van der Waals surface area contributed by atoms with E-state index in [1.54, 1.807) is 44.4 Å². The van der Waals surface area contributed by atoms with Gasteiger partial charge in [-0.15, -0.1) is 0 Å². The van der Waals surface area contributed by atoms with Crippen LogP contribution in [0.1, 0.15) is 12.5 Å². The Labute approximate surface area is 168 Å². The molecule has 0 unspecified atom stereocenters. The van der Waals surface area contributed by atoms with E-state index in [0.717, 1.165) is 5.56 Å². The lowest BCUT2D eigenvalue weighted by Crippen LogP contribution is -2.07. The molecule has 5 heteroatoms. The van der Waals surface area contributed by atoms with Gasteiger partial charge in [0.25, 0.3) is 0 Å². The Hall–Kier alpha value is -3.31. The van der Waals surface area contributed by atoms with Crippen LogP contribution in [0.2, 0.25) is 0 Å². The SMILES string of the molecule is C=C(C)C(=O)Oc1ccc(-c2ccc(-c3ccc(COC)cc3)c(F)c2F)cc1. The minimum absolute atomic E-state index is 0.125. The van der Waals surface area contributed by atoms with Crippen molar-refractivity contribution in [3.05, 3.63) is 90.0 Å². The second-order valence-electron chi connectivity index (χ2n) is 6.61. The Kier molecular flexibility index (Phi) is 6.20. The largest absolute Gasteiger partial charge is 0.423 e. The highest BCUT2D eigenvalue weighted by atomic mass is 19.2. The van der Waals surface area contributed by atoms with Crippen LogP contribution in [0.5, 0.6) is 5.75 Å². The summed E-state index contributed by atoms with van der Waals surface area (Å²) in [4.78, 5) is 11.6. The van der Waals surface area contributed by atoms with Gasteiger partial charge in [-0.25, -0.2) is 13.6 Å². The summed E-state index contributed by atoms with van der Waals surface area (Å²) in [5.41, 5.74) is 2.57. The zero-order valence-electron chi connectivity index (χ0n) is 16.2. The van der Waals surface area contributed by atoms with Crippen molar-refractivity contribution in [3.8, 4) is 28.0 Å². The maximum absolute atomic E-state index is 14.8. The van der Waals surface area contributed by atoms with Crippen LogP contribution >= 0.6 is 0 Å². The molecule has 0 aromatic heterocycles. The number of ether oxygens (including phenoxy) is 2. The maximum atomic E-state index is 14.8. The molecule has 0 spiro atoms. The van der Waals surface area contributed by atoms with Crippen LogP contribution in [0, 0.1) is 11.6 Å². The average molecular weight is 394 g/mol. The highest BCUT2D eigenvalue weighted by Gasteiger charge is 2.16. The summed E-state index contributed by atoms with van der Waals surface area (Å²) < 4.78 is 39.7. The van der Waals surface area contributed by atoms with Gasteiger partial charge in [0.2, 0.25) is 0 Å². The molecule has 0 saturated heterocycles. The molecule has 0 N–H and O–H groups in total. The molecular weight excluding hydrogens is 374 g/mol. The van der Waals surface area contributed by atoms with Gasteiger partial charge in [-0.3, -0.25) is 0 Å². The lowest BCUT2D eigenvalue weighted by atomic mass is 9.98. The molecule has 29 heavy (non-hydrogen) atoms. The number of benzene rings is 3. The van der Waals surface area contributed by atoms with Crippen LogP contribution in [-0.2, 0) is 16.1 Å². The minimum atomic E-state index is -0.935. The second kappa shape index (κ2) is 8.80. The Morgan fingerprint density at radius 2 is 1.34 bits per heavy atom. The van der Waals surface area contributed by atoms with E-state index in [-0.39, 0.29) is 16.7 Å². The molecule has 0 bridgehead atoms. The fraction of sp³-hybridized carbons (Fsp3) is 0.125. The molecule has 0 heterocycles. The molecule has 0 aliphatic rings. The van der Waals surface area contributed by atoms with Gasteiger partial charge < -0.3 is 9.47 Å². The number of esters is 1. The van der Waals surface area contributed by atoms with Crippen LogP contribution in [-0.4, -0.2) is 13.1 Å². The number of methoxy groups -OCH3 is 1. The Balaban J connectivity index is 1.87. The molecule has 0 amide bonds. The van der Waals surface area contributed by atoms with E-state index in [9.17, 15) is 13.6 Å². The molecule has 3 aromatic rings. The number of hydrogen-bond donors (Lipinski definition) is 0. The van der Waals surface area contributed by atoms with E-state index in [4.69, 9.17) is 9.47 Å². The molecule has 0 atom stereocenters. The van der Waals surface area contributed by atoms with Gasteiger partial charge >= 0.3 is 5.97 Å². The molecular formula is C24H20F2O3. The maximum Gasteiger partial charge on any atom is 0.338 e. The van der Waals surface area contributed by atoms with Crippen molar-refractivity contribution in [2.24, 2.45) is 0 Å². The monoisotopic (exact) mass is 394 g/mol. The summed E-state index contributed by atoms with van der Waals surface area (Å²) in [7, 11) is 1.60. The van der Waals surface area contributed by atoms with Crippen molar-refractivity contribution in [3.63, 3.8) is 0 Å². The smallest absolute Gasteiger partial charge is 0.338 e. The third kappa shape index (κ3) is 4.58. The van der Waals surface area contributed by atoms with Gasteiger partial charge in [0.05, 0.1) is 6.61 Å². The molecule has 0 saturated carbocycles. The van der Waals surface area contributed by atoms with Crippen molar-refractivity contribution in [2.45, 2.75) is 13.5 Å². The molecule has 148 valence electrons. The van der Waals surface area contributed by atoms with Gasteiger partial charge in [-0.2, -0.15) is 0 Å². The highest BCUT2D eigenvalue weighted by molar-refractivity contribution is 5.88. The normalized spacial score (nSPS) is 10.6. The molecule has 0 aliphatic heterocycles.